The number of benzene rings is 1. The topological polar surface area (TPSA) is 114 Å². The van der Waals surface area contributed by atoms with Gasteiger partial charge in [-0.05, 0) is 22.1 Å². The van der Waals surface area contributed by atoms with E-state index in [1.165, 1.54) is 12.1 Å². The molecule has 1 aromatic heterocycles. The molecule has 7 heteroatoms. The van der Waals surface area contributed by atoms with E-state index in [0.29, 0.717) is 13.1 Å². The van der Waals surface area contributed by atoms with Gasteiger partial charge in [0, 0.05) is 19.2 Å². The van der Waals surface area contributed by atoms with Gasteiger partial charge < -0.3 is 21.2 Å². The minimum atomic E-state index is -0.581. The van der Waals surface area contributed by atoms with Gasteiger partial charge in [0.2, 0.25) is 0 Å². The van der Waals surface area contributed by atoms with E-state index in [-0.39, 0.29) is 17.4 Å². The van der Waals surface area contributed by atoms with Crippen LogP contribution in [0.3, 0.4) is 0 Å². The van der Waals surface area contributed by atoms with Crippen LogP contribution in [0.5, 0.6) is 0 Å². The van der Waals surface area contributed by atoms with Crippen molar-refractivity contribution in [1.82, 2.24) is 10.3 Å². The second kappa shape index (κ2) is 5.98. The van der Waals surface area contributed by atoms with Crippen LogP contribution in [0, 0.1) is 10.1 Å². The van der Waals surface area contributed by atoms with Crippen LogP contribution in [0.1, 0.15) is 21.6 Å². The predicted octanol–water partition coefficient (Wildman–Crippen LogP) is 1.31. The number of hydrogen-bond acceptors (Lipinski definition) is 4. The maximum absolute atomic E-state index is 11.8. The maximum atomic E-state index is 11.8. The summed E-state index contributed by atoms with van der Waals surface area (Å²) in [7, 11) is 0. The van der Waals surface area contributed by atoms with E-state index < -0.39 is 4.92 Å². The fourth-order valence-electron chi connectivity index (χ4n) is 1.69. The van der Waals surface area contributed by atoms with Crippen LogP contribution in [-0.2, 0) is 13.1 Å². The van der Waals surface area contributed by atoms with Crippen molar-refractivity contribution in [2.45, 2.75) is 13.1 Å². The second-order valence-electron chi connectivity index (χ2n) is 4.22. The summed E-state index contributed by atoms with van der Waals surface area (Å²) < 4.78 is 0. The molecule has 0 aliphatic heterocycles. The standard InChI is InChI=1S/C13H14N4O3/c14-7-9-1-3-10(4-2-9)8-15-13(18)11-5-6-12(16-11)17(19)20/h1-6,16H,7-8,14H2,(H,15,18). The molecule has 0 fully saturated rings. The molecule has 0 saturated carbocycles. The molecule has 0 aliphatic rings. The van der Waals surface area contributed by atoms with Gasteiger partial charge in [-0.15, -0.1) is 0 Å². The Hall–Kier alpha value is -2.67. The number of nitrogens with two attached hydrogens (primary N) is 1. The van der Waals surface area contributed by atoms with E-state index >= 15 is 0 Å². The van der Waals surface area contributed by atoms with Crippen molar-refractivity contribution in [3.63, 3.8) is 0 Å². The Morgan fingerprint density at radius 2 is 1.85 bits per heavy atom. The largest absolute Gasteiger partial charge is 0.358 e. The first kappa shape index (κ1) is 13.8. The smallest absolute Gasteiger partial charge is 0.321 e. The molecule has 7 nitrogen and oxygen atoms in total. The molecule has 0 aliphatic carbocycles. The molecule has 0 unspecified atom stereocenters. The highest BCUT2D eigenvalue weighted by molar-refractivity contribution is 5.92. The molecule has 1 heterocycles. The monoisotopic (exact) mass is 274 g/mol. The maximum Gasteiger partial charge on any atom is 0.321 e. The van der Waals surface area contributed by atoms with E-state index in [4.69, 9.17) is 5.73 Å². The number of nitrogens with zero attached hydrogens (tertiary/aromatic N) is 1. The van der Waals surface area contributed by atoms with Crippen molar-refractivity contribution < 1.29 is 9.72 Å². The summed E-state index contributed by atoms with van der Waals surface area (Å²) in [5, 5.41) is 13.2. The molecule has 0 bridgehead atoms. The molecule has 0 spiro atoms. The molecule has 4 N–H and O–H groups in total. The fourth-order valence-corrected chi connectivity index (χ4v) is 1.69. The Bertz CT molecular complexity index is 619. The van der Waals surface area contributed by atoms with E-state index in [1.54, 1.807) is 0 Å². The number of rotatable bonds is 5. The number of carbonyl (C=O) groups excluding carboxylic acids is 1. The summed E-state index contributed by atoms with van der Waals surface area (Å²) in [6.07, 6.45) is 0. The molecule has 2 aromatic rings. The van der Waals surface area contributed by atoms with Crippen molar-refractivity contribution >= 4 is 11.7 Å². The van der Waals surface area contributed by atoms with Gasteiger partial charge in [-0.3, -0.25) is 4.79 Å². The minimum absolute atomic E-state index is 0.162. The zero-order chi connectivity index (χ0) is 14.5. The van der Waals surface area contributed by atoms with Crippen LogP contribution in [-0.4, -0.2) is 15.8 Å². The second-order valence-corrected chi connectivity index (χ2v) is 4.22. The number of hydrogen-bond donors (Lipinski definition) is 3. The molecule has 20 heavy (non-hydrogen) atoms. The summed E-state index contributed by atoms with van der Waals surface area (Å²) in [4.78, 5) is 24.2. The quantitative estimate of drug-likeness (QED) is 0.563. The van der Waals surface area contributed by atoms with Gasteiger partial charge >= 0.3 is 5.82 Å². The number of H-pyrrole nitrogens is 1. The lowest BCUT2D eigenvalue weighted by atomic mass is 10.1. The fraction of sp³-hybridized carbons (Fsp3) is 0.154. The zero-order valence-corrected chi connectivity index (χ0v) is 10.6. The van der Waals surface area contributed by atoms with Crippen molar-refractivity contribution in [1.29, 1.82) is 0 Å². The van der Waals surface area contributed by atoms with Crippen LogP contribution in [0.25, 0.3) is 0 Å². The summed E-state index contributed by atoms with van der Waals surface area (Å²) >= 11 is 0. The van der Waals surface area contributed by atoms with E-state index in [9.17, 15) is 14.9 Å². The lowest BCUT2D eigenvalue weighted by Gasteiger charge is -2.04. The van der Waals surface area contributed by atoms with Gasteiger partial charge in [0.1, 0.15) is 0 Å². The SMILES string of the molecule is NCc1ccc(CNC(=O)c2ccc([N+](=O)[O-])[nH]2)cc1. The molecule has 1 amide bonds. The number of amides is 1. The Balaban J connectivity index is 1.95. The van der Waals surface area contributed by atoms with E-state index in [0.717, 1.165) is 11.1 Å². The van der Waals surface area contributed by atoms with Gasteiger partial charge in [0.15, 0.2) is 5.69 Å². The number of carbonyl (C=O) groups is 1. The third-order valence-corrected chi connectivity index (χ3v) is 2.82. The van der Waals surface area contributed by atoms with Gasteiger partial charge in [0.05, 0.1) is 0 Å². The van der Waals surface area contributed by atoms with E-state index in [2.05, 4.69) is 10.3 Å². The van der Waals surface area contributed by atoms with Gasteiger partial charge in [-0.25, -0.2) is 4.98 Å². The van der Waals surface area contributed by atoms with Gasteiger partial charge in [-0.1, -0.05) is 24.3 Å². The van der Waals surface area contributed by atoms with Crippen LogP contribution >= 0.6 is 0 Å². The number of aromatic amines is 1. The third kappa shape index (κ3) is 3.21. The number of nitrogens with one attached hydrogen (secondary N) is 2. The third-order valence-electron chi connectivity index (χ3n) is 2.82. The lowest BCUT2D eigenvalue weighted by molar-refractivity contribution is -0.389. The first-order valence-corrected chi connectivity index (χ1v) is 5.99. The Kier molecular flexibility index (Phi) is 4.11. The van der Waals surface area contributed by atoms with Crippen molar-refractivity contribution in [2.24, 2.45) is 5.73 Å². The lowest BCUT2D eigenvalue weighted by Crippen LogP contribution is -2.23. The first-order valence-electron chi connectivity index (χ1n) is 5.99. The summed E-state index contributed by atoms with van der Waals surface area (Å²) in [5.74, 6) is -0.594. The van der Waals surface area contributed by atoms with Crippen molar-refractivity contribution in [3.05, 3.63) is 63.3 Å². The van der Waals surface area contributed by atoms with Crippen LogP contribution < -0.4 is 11.1 Å². The zero-order valence-electron chi connectivity index (χ0n) is 10.6. The Morgan fingerprint density at radius 1 is 1.20 bits per heavy atom. The van der Waals surface area contributed by atoms with Gasteiger partial charge in [-0.2, -0.15) is 0 Å². The molecule has 104 valence electrons. The normalized spacial score (nSPS) is 10.2. The molecule has 1 aromatic carbocycles. The van der Waals surface area contributed by atoms with Crippen LogP contribution in [0.15, 0.2) is 36.4 Å². The first-order chi connectivity index (χ1) is 9.60. The van der Waals surface area contributed by atoms with Gasteiger partial charge in [0.25, 0.3) is 5.91 Å². The summed E-state index contributed by atoms with van der Waals surface area (Å²) in [5.41, 5.74) is 7.60. The van der Waals surface area contributed by atoms with Crippen LogP contribution in [0.4, 0.5) is 5.82 Å². The van der Waals surface area contributed by atoms with Crippen molar-refractivity contribution in [2.75, 3.05) is 0 Å². The average Bonchev–Trinajstić information content (AvgIpc) is 2.95. The minimum Gasteiger partial charge on any atom is -0.358 e. The molecule has 0 atom stereocenters. The number of aromatic nitrogens is 1. The Labute approximate surface area is 114 Å². The van der Waals surface area contributed by atoms with Crippen LogP contribution in [0.2, 0.25) is 0 Å². The predicted molar refractivity (Wildman–Crippen MR) is 73.0 cm³/mol. The highest BCUT2D eigenvalue weighted by Gasteiger charge is 2.14. The molecule has 0 radical (unpaired) electrons. The summed E-state index contributed by atoms with van der Waals surface area (Å²) in [6.45, 7) is 0.815. The molecular formula is C13H14N4O3. The summed E-state index contributed by atoms with van der Waals surface area (Å²) in [6, 6.07) is 10.2. The molecule has 2 rings (SSSR count). The molecule has 0 saturated heterocycles. The Morgan fingerprint density at radius 3 is 2.40 bits per heavy atom. The van der Waals surface area contributed by atoms with Crippen molar-refractivity contribution in [3.8, 4) is 0 Å². The average molecular weight is 274 g/mol. The van der Waals surface area contributed by atoms with E-state index in [1.807, 2.05) is 24.3 Å². The highest BCUT2D eigenvalue weighted by Crippen LogP contribution is 2.10. The molecular weight excluding hydrogens is 260 g/mol. The highest BCUT2D eigenvalue weighted by atomic mass is 16.6. The number of nitro groups is 1.